The largest absolute Gasteiger partial charge is 0.339 e. The van der Waals surface area contributed by atoms with Gasteiger partial charge in [-0.1, -0.05) is 31.0 Å². The van der Waals surface area contributed by atoms with Gasteiger partial charge in [0.05, 0.1) is 10.6 Å². The summed E-state index contributed by atoms with van der Waals surface area (Å²) in [6, 6.07) is 5.52. The average Bonchev–Trinajstić information content (AvgIpc) is 2.66. The molecule has 19 heavy (non-hydrogen) atoms. The number of halogens is 2. The number of benzene rings is 1. The second kappa shape index (κ2) is 6.76. The minimum Gasteiger partial charge on any atom is -0.339 e. The van der Waals surface area contributed by atoms with Crippen LogP contribution in [0.2, 0.25) is 5.02 Å². The highest BCUT2D eigenvalue weighted by molar-refractivity contribution is 9.10. The predicted molar refractivity (Wildman–Crippen MR) is 82.7 cm³/mol. The van der Waals surface area contributed by atoms with Crippen molar-refractivity contribution in [3.05, 3.63) is 33.3 Å². The molecular formula is C15H19BrClNO. The minimum atomic E-state index is 0.0584. The van der Waals surface area contributed by atoms with Gasteiger partial charge in [0.25, 0.3) is 5.91 Å². The fourth-order valence-corrected chi connectivity index (χ4v) is 3.19. The van der Waals surface area contributed by atoms with Crippen molar-refractivity contribution >= 4 is 33.4 Å². The van der Waals surface area contributed by atoms with Crippen LogP contribution in [0.15, 0.2) is 22.7 Å². The Kier molecular flexibility index (Phi) is 5.28. The molecule has 4 heteroatoms. The molecule has 0 aromatic heterocycles. The summed E-state index contributed by atoms with van der Waals surface area (Å²) in [7, 11) is 0. The van der Waals surface area contributed by atoms with E-state index in [1.807, 2.05) is 17.0 Å². The zero-order chi connectivity index (χ0) is 13.8. The van der Waals surface area contributed by atoms with Crippen LogP contribution in [-0.2, 0) is 0 Å². The summed E-state index contributed by atoms with van der Waals surface area (Å²) in [6.45, 7) is 3.92. The predicted octanol–water partition coefficient (Wildman–Crippen LogP) is 4.75. The van der Waals surface area contributed by atoms with Gasteiger partial charge < -0.3 is 4.90 Å². The van der Waals surface area contributed by atoms with Crippen molar-refractivity contribution in [2.45, 2.75) is 32.6 Å². The average molecular weight is 345 g/mol. The lowest BCUT2D eigenvalue weighted by Gasteiger charge is -2.21. The molecule has 1 aromatic rings. The van der Waals surface area contributed by atoms with E-state index >= 15 is 0 Å². The standard InChI is InChI=1S/C15H19BrClNO/c1-2-11-5-4-9-18(10-8-11)15(19)12-6-3-7-13(16)14(12)17/h3,6-7,11H,2,4-5,8-10H2,1H3. The van der Waals surface area contributed by atoms with E-state index in [2.05, 4.69) is 22.9 Å². The van der Waals surface area contributed by atoms with E-state index in [0.717, 1.165) is 36.3 Å². The molecule has 1 amide bonds. The first-order valence-electron chi connectivity index (χ1n) is 6.86. The molecule has 1 aliphatic heterocycles. The molecular weight excluding hydrogens is 326 g/mol. The van der Waals surface area contributed by atoms with Gasteiger partial charge in [-0.25, -0.2) is 0 Å². The van der Waals surface area contributed by atoms with Crippen molar-refractivity contribution in [1.82, 2.24) is 4.90 Å². The lowest BCUT2D eigenvalue weighted by molar-refractivity contribution is 0.0760. The molecule has 1 atom stereocenters. The monoisotopic (exact) mass is 343 g/mol. The van der Waals surface area contributed by atoms with Crippen LogP contribution in [0.25, 0.3) is 0 Å². The topological polar surface area (TPSA) is 20.3 Å². The molecule has 1 aliphatic rings. The number of rotatable bonds is 2. The Morgan fingerprint density at radius 2 is 2.21 bits per heavy atom. The van der Waals surface area contributed by atoms with E-state index in [1.165, 1.54) is 12.8 Å². The van der Waals surface area contributed by atoms with E-state index < -0.39 is 0 Å². The molecule has 0 bridgehead atoms. The second-order valence-corrected chi connectivity index (χ2v) is 6.33. The lowest BCUT2D eigenvalue weighted by Crippen LogP contribution is -2.32. The van der Waals surface area contributed by atoms with Crippen LogP contribution in [-0.4, -0.2) is 23.9 Å². The molecule has 104 valence electrons. The first-order chi connectivity index (χ1) is 9.13. The molecule has 0 radical (unpaired) electrons. The van der Waals surface area contributed by atoms with E-state index in [4.69, 9.17) is 11.6 Å². The first-order valence-corrected chi connectivity index (χ1v) is 8.03. The third-order valence-electron chi connectivity index (χ3n) is 3.89. The summed E-state index contributed by atoms with van der Waals surface area (Å²) < 4.78 is 0.779. The zero-order valence-corrected chi connectivity index (χ0v) is 13.5. The van der Waals surface area contributed by atoms with Gasteiger partial charge in [0.2, 0.25) is 0 Å². The fraction of sp³-hybridized carbons (Fsp3) is 0.533. The Hall–Kier alpha value is -0.540. The molecule has 0 aliphatic carbocycles. The van der Waals surface area contributed by atoms with Crippen molar-refractivity contribution in [2.75, 3.05) is 13.1 Å². The molecule has 0 N–H and O–H groups in total. The molecule has 2 nitrogen and oxygen atoms in total. The molecule has 1 heterocycles. The van der Waals surface area contributed by atoms with Crippen molar-refractivity contribution in [1.29, 1.82) is 0 Å². The summed E-state index contributed by atoms with van der Waals surface area (Å²) in [5.41, 5.74) is 0.603. The highest BCUT2D eigenvalue weighted by atomic mass is 79.9. The first kappa shape index (κ1) is 14.9. The Balaban J connectivity index is 2.13. The Bertz CT molecular complexity index is 463. The number of hydrogen-bond donors (Lipinski definition) is 0. The van der Waals surface area contributed by atoms with E-state index in [0.29, 0.717) is 10.6 Å². The summed E-state index contributed by atoms with van der Waals surface area (Å²) in [5, 5.41) is 0.517. The van der Waals surface area contributed by atoms with Crippen LogP contribution in [0, 0.1) is 5.92 Å². The molecule has 0 spiro atoms. The molecule has 2 rings (SSSR count). The highest BCUT2D eigenvalue weighted by Crippen LogP contribution is 2.28. The van der Waals surface area contributed by atoms with Crippen molar-refractivity contribution < 1.29 is 4.79 Å². The van der Waals surface area contributed by atoms with Gasteiger partial charge in [-0.3, -0.25) is 4.79 Å². The number of likely N-dealkylation sites (tertiary alicyclic amines) is 1. The van der Waals surface area contributed by atoms with Crippen LogP contribution in [0.1, 0.15) is 43.0 Å². The third kappa shape index (κ3) is 3.51. The lowest BCUT2D eigenvalue weighted by atomic mass is 9.98. The summed E-state index contributed by atoms with van der Waals surface area (Å²) in [4.78, 5) is 14.5. The van der Waals surface area contributed by atoms with Gasteiger partial charge in [0, 0.05) is 17.6 Å². The van der Waals surface area contributed by atoms with Gasteiger partial charge in [-0.2, -0.15) is 0 Å². The van der Waals surface area contributed by atoms with Crippen LogP contribution in [0.3, 0.4) is 0 Å². The molecule has 0 saturated carbocycles. The number of amides is 1. The maximum Gasteiger partial charge on any atom is 0.255 e. The van der Waals surface area contributed by atoms with Crippen LogP contribution in [0.5, 0.6) is 0 Å². The highest BCUT2D eigenvalue weighted by Gasteiger charge is 2.22. The third-order valence-corrected chi connectivity index (χ3v) is 5.19. The maximum atomic E-state index is 12.5. The molecule has 1 saturated heterocycles. The number of hydrogen-bond acceptors (Lipinski definition) is 1. The van der Waals surface area contributed by atoms with E-state index in [9.17, 15) is 4.79 Å². The fourth-order valence-electron chi connectivity index (χ4n) is 2.62. The van der Waals surface area contributed by atoms with Crippen LogP contribution in [0.4, 0.5) is 0 Å². The quantitative estimate of drug-likeness (QED) is 0.758. The zero-order valence-electron chi connectivity index (χ0n) is 11.2. The number of carbonyl (C=O) groups is 1. The minimum absolute atomic E-state index is 0.0584. The van der Waals surface area contributed by atoms with Gasteiger partial charge >= 0.3 is 0 Å². The SMILES string of the molecule is CCC1CCCN(C(=O)c2cccc(Br)c2Cl)CC1. The van der Waals surface area contributed by atoms with Gasteiger partial charge in [-0.15, -0.1) is 0 Å². The second-order valence-electron chi connectivity index (χ2n) is 5.10. The van der Waals surface area contributed by atoms with E-state index in [1.54, 1.807) is 6.07 Å². The van der Waals surface area contributed by atoms with Gasteiger partial charge in [-0.05, 0) is 53.2 Å². The smallest absolute Gasteiger partial charge is 0.255 e. The van der Waals surface area contributed by atoms with E-state index in [-0.39, 0.29) is 5.91 Å². The Morgan fingerprint density at radius 3 is 2.95 bits per heavy atom. The number of carbonyl (C=O) groups excluding carboxylic acids is 1. The molecule has 1 fully saturated rings. The van der Waals surface area contributed by atoms with Crippen LogP contribution >= 0.6 is 27.5 Å². The van der Waals surface area contributed by atoms with Gasteiger partial charge in [0.15, 0.2) is 0 Å². The summed E-state index contributed by atoms with van der Waals surface area (Å²) in [5.74, 6) is 0.818. The Labute approximate surface area is 128 Å². The maximum absolute atomic E-state index is 12.5. The number of nitrogens with zero attached hydrogens (tertiary/aromatic N) is 1. The van der Waals surface area contributed by atoms with Crippen molar-refractivity contribution in [3.8, 4) is 0 Å². The van der Waals surface area contributed by atoms with Crippen molar-refractivity contribution in [2.24, 2.45) is 5.92 Å². The van der Waals surface area contributed by atoms with Crippen molar-refractivity contribution in [3.63, 3.8) is 0 Å². The normalized spacial score (nSPS) is 20.2. The summed E-state index contributed by atoms with van der Waals surface area (Å²) in [6.07, 6.45) is 4.63. The Morgan fingerprint density at radius 1 is 1.42 bits per heavy atom. The molecule has 1 aromatic carbocycles. The summed E-state index contributed by atoms with van der Waals surface area (Å²) >= 11 is 9.58. The van der Waals surface area contributed by atoms with Crippen LogP contribution < -0.4 is 0 Å². The molecule has 1 unspecified atom stereocenters. The van der Waals surface area contributed by atoms with Gasteiger partial charge in [0.1, 0.15) is 0 Å².